The minimum absolute atomic E-state index is 0.466. The number of amidine groups is 1. The quantitative estimate of drug-likeness (QED) is 0.624. The van der Waals surface area contributed by atoms with Crippen LogP contribution in [0.4, 0.5) is 5.69 Å². The number of halogens is 1. The number of hydrogen-bond acceptors (Lipinski definition) is 1. The molecule has 0 aromatic heterocycles. The van der Waals surface area contributed by atoms with Crippen LogP contribution in [-0.2, 0) is 0 Å². The third-order valence-corrected chi connectivity index (χ3v) is 2.48. The number of aliphatic imine (C=N–C) groups is 1. The molecule has 0 saturated carbocycles. The maximum absolute atomic E-state index is 5.99. The molecule has 0 radical (unpaired) electrons. The molecule has 0 bridgehead atoms. The van der Waals surface area contributed by atoms with Crippen molar-refractivity contribution in [2.24, 2.45) is 10.7 Å². The van der Waals surface area contributed by atoms with Crippen molar-refractivity contribution in [3.63, 3.8) is 0 Å². The van der Waals surface area contributed by atoms with Crippen LogP contribution in [0.1, 0.15) is 5.56 Å². The molecule has 0 amide bonds. The zero-order valence-electron chi connectivity index (χ0n) is 8.60. The molecule has 0 spiro atoms. The fraction of sp³-hybridized carbons (Fsp3) is 0. The molecule has 2 N–H and O–H groups in total. The van der Waals surface area contributed by atoms with Gasteiger partial charge in [-0.05, 0) is 12.1 Å². The van der Waals surface area contributed by atoms with Crippen molar-refractivity contribution in [2.75, 3.05) is 0 Å². The molecule has 0 atom stereocenters. The second-order valence-corrected chi connectivity index (χ2v) is 3.72. The Labute approximate surface area is 99.4 Å². The van der Waals surface area contributed by atoms with Gasteiger partial charge in [-0.1, -0.05) is 54.1 Å². The van der Waals surface area contributed by atoms with Crippen LogP contribution in [-0.4, -0.2) is 5.84 Å². The van der Waals surface area contributed by atoms with Crippen molar-refractivity contribution >= 4 is 23.1 Å². The van der Waals surface area contributed by atoms with Gasteiger partial charge in [-0.25, -0.2) is 4.99 Å². The highest BCUT2D eigenvalue weighted by molar-refractivity contribution is 6.33. The van der Waals surface area contributed by atoms with E-state index in [-0.39, 0.29) is 0 Å². The van der Waals surface area contributed by atoms with Gasteiger partial charge in [0, 0.05) is 5.56 Å². The molecule has 80 valence electrons. The predicted molar refractivity (Wildman–Crippen MR) is 68.3 cm³/mol. The van der Waals surface area contributed by atoms with Gasteiger partial charge in [0.25, 0.3) is 0 Å². The molecule has 0 aliphatic heterocycles. The fourth-order valence-electron chi connectivity index (χ4n) is 1.35. The number of rotatable bonds is 2. The highest BCUT2D eigenvalue weighted by atomic mass is 35.5. The van der Waals surface area contributed by atoms with Gasteiger partial charge < -0.3 is 5.73 Å². The Kier molecular flexibility index (Phi) is 3.22. The summed E-state index contributed by atoms with van der Waals surface area (Å²) in [6.45, 7) is 0. The lowest BCUT2D eigenvalue weighted by atomic mass is 10.2. The Bertz CT molecular complexity index is 506. The molecule has 2 rings (SSSR count). The maximum atomic E-state index is 5.99. The lowest BCUT2D eigenvalue weighted by molar-refractivity contribution is 1.45. The Balaban J connectivity index is 2.36. The van der Waals surface area contributed by atoms with Crippen LogP contribution in [0.25, 0.3) is 0 Å². The molecule has 0 saturated heterocycles. The summed E-state index contributed by atoms with van der Waals surface area (Å²) in [5.41, 5.74) is 7.46. The number of hydrogen-bond donors (Lipinski definition) is 1. The molecule has 3 heteroatoms. The third-order valence-electron chi connectivity index (χ3n) is 2.16. The highest BCUT2D eigenvalue weighted by Gasteiger charge is 2.00. The van der Waals surface area contributed by atoms with E-state index in [1.807, 2.05) is 48.5 Å². The van der Waals surface area contributed by atoms with Gasteiger partial charge in [0.1, 0.15) is 5.84 Å². The van der Waals surface area contributed by atoms with Crippen molar-refractivity contribution in [2.45, 2.75) is 0 Å². The van der Waals surface area contributed by atoms with E-state index in [9.17, 15) is 0 Å². The van der Waals surface area contributed by atoms with E-state index in [1.165, 1.54) is 0 Å². The summed E-state index contributed by atoms with van der Waals surface area (Å²) < 4.78 is 0. The lowest BCUT2D eigenvalue weighted by Gasteiger charge is -2.01. The van der Waals surface area contributed by atoms with Crippen LogP contribution in [0.5, 0.6) is 0 Å². The van der Waals surface area contributed by atoms with Crippen LogP contribution in [0, 0.1) is 0 Å². The molecule has 0 aliphatic rings. The second kappa shape index (κ2) is 4.81. The SMILES string of the molecule is NC(=Nc1ccccc1Cl)c1ccccc1. The van der Waals surface area contributed by atoms with Crippen molar-refractivity contribution in [3.05, 3.63) is 65.2 Å². The third kappa shape index (κ3) is 2.41. The molecule has 0 fully saturated rings. The Hall–Kier alpha value is -1.80. The van der Waals surface area contributed by atoms with Crippen molar-refractivity contribution in [3.8, 4) is 0 Å². The van der Waals surface area contributed by atoms with E-state index in [0.717, 1.165) is 5.56 Å². The van der Waals surface area contributed by atoms with Crippen LogP contribution in [0.2, 0.25) is 5.02 Å². The molecular formula is C13H11ClN2. The monoisotopic (exact) mass is 230 g/mol. The predicted octanol–water partition coefficient (Wildman–Crippen LogP) is 3.38. The molecule has 2 aromatic carbocycles. The minimum Gasteiger partial charge on any atom is -0.383 e. The Morgan fingerprint density at radius 3 is 2.25 bits per heavy atom. The van der Waals surface area contributed by atoms with Crippen molar-refractivity contribution < 1.29 is 0 Å². The average Bonchev–Trinajstić information content (AvgIpc) is 2.33. The van der Waals surface area contributed by atoms with Gasteiger partial charge in [0.2, 0.25) is 0 Å². The van der Waals surface area contributed by atoms with Crippen LogP contribution < -0.4 is 5.73 Å². The zero-order valence-corrected chi connectivity index (χ0v) is 9.35. The van der Waals surface area contributed by atoms with Crippen molar-refractivity contribution in [1.29, 1.82) is 0 Å². The van der Waals surface area contributed by atoms with E-state index in [0.29, 0.717) is 16.5 Å². The van der Waals surface area contributed by atoms with E-state index < -0.39 is 0 Å². The lowest BCUT2D eigenvalue weighted by Crippen LogP contribution is -2.12. The Morgan fingerprint density at radius 1 is 0.938 bits per heavy atom. The molecule has 0 heterocycles. The highest BCUT2D eigenvalue weighted by Crippen LogP contribution is 2.23. The first-order chi connectivity index (χ1) is 7.77. The summed E-state index contributed by atoms with van der Waals surface area (Å²) >= 11 is 5.99. The fourth-order valence-corrected chi connectivity index (χ4v) is 1.52. The first kappa shape index (κ1) is 10.7. The molecule has 2 aromatic rings. The first-order valence-corrected chi connectivity index (χ1v) is 5.29. The van der Waals surface area contributed by atoms with Gasteiger partial charge in [-0.15, -0.1) is 0 Å². The summed E-state index contributed by atoms with van der Waals surface area (Å²) in [5.74, 6) is 0.466. The standard InChI is InChI=1S/C13H11ClN2/c14-11-8-4-5-9-12(11)16-13(15)10-6-2-1-3-7-10/h1-9H,(H2,15,16). The number of nitrogens with two attached hydrogens (primary N) is 1. The normalized spacial score (nSPS) is 11.4. The summed E-state index contributed by atoms with van der Waals surface area (Å²) in [4.78, 5) is 4.29. The zero-order chi connectivity index (χ0) is 11.4. The minimum atomic E-state index is 0.466. The largest absolute Gasteiger partial charge is 0.383 e. The maximum Gasteiger partial charge on any atom is 0.131 e. The van der Waals surface area contributed by atoms with Gasteiger partial charge in [0.15, 0.2) is 0 Å². The van der Waals surface area contributed by atoms with E-state index in [1.54, 1.807) is 6.07 Å². The van der Waals surface area contributed by atoms with E-state index in [4.69, 9.17) is 17.3 Å². The topological polar surface area (TPSA) is 38.4 Å². The van der Waals surface area contributed by atoms with Crippen molar-refractivity contribution in [1.82, 2.24) is 0 Å². The van der Waals surface area contributed by atoms with E-state index in [2.05, 4.69) is 4.99 Å². The number of benzene rings is 2. The second-order valence-electron chi connectivity index (χ2n) is 3.31. The van der Waals surface area contributed by atoms with Crippen LogP contribution in [0.15, 0.2) is 59.6 Å². The van der Waals surface area contributed by atoms with Crippen LogP contribution >= 0.6 is 11.6 Å². The molecular weight excluding hydrogens is 220 g/mol. The summed E-state index contributed by atoms with van der Waals surface area (Å²) in [6.07, 6.45) is 0. The summed E-state index contributed by atoms with van der Waals surface area (Å²) in [7, 11) is 0. The number of nitrogens with zero attached hydrogens (tertiary/aromatic N) is 1. The Morgan fingerprint density at radius 2 is 1.56 bits per heavy atom. The van der Waals surface area contributed by atoms with Gasteiger partial charge >= 0.3 is 0 Å². The van der Waals surface area contributed by atoms with Crippen LogP contribution in [0.3, 0.4) is 0 Å². The summed E-state index contributed by atoms with van der Waals surface area (Å²) in [6, 6.07) is 17.0. The first-order valence-electron chi connectivity index (χ1n) is 4.91. The number of para-hydroxylation sites is 1. The van der Waals surface area contributed by atoms with Gasteiger partial charge in [0.05, 0.1) is 10.7 Å². The summed E-state index contributed by atoms with van der Waals surface area (Å²) in [5, 5.41) is 0.599. The molecule has 0 unspecified atom stereocenters. The molecule has 2 nitrogen and oxygen atoms in total. The average molecular weight is 231 g/mol. The molecule has 16 heavy (non-hydrogen) atoms. The van der Waals surface area contributed by atoms with E-state index >= 15 is 0 Å². The van der Waals surface area contributed by atoms with Gasteiger partial charge in [-0.2, -0.15) is 0 Å². The molecule has 0 aliphatic carbocycles. The smallest absolute Gasteiger partial charge is 0.131 e. The van der Waals surface area contributed by atoms with Gasteiger partial charge in [-0.3, -0.25) is 0 Å².